The quantitative estimate of drug-likeness (QED) is 0.0798. The van der Waals surface area contributed by atoms with Gasteiger partial charge < -0.3 is 42.3 Å². The first-order valence-electron chi connectivity index (χ1n) is 16.3. The summed E-state index contributed by atoms with van der Waals surface area (Å²) in [7, 11) is 0. The summed E-state index contributed by atoms with van der Waals surface area (Å²) in [6.07, 6.45) is -0.0567. The van der Waals surface area contributed by atoms with Crippen LogP contribution in [0.15, 0.2) is 109 Å². The summed E-state index contributed by atoms with van der Waals surface area (Å²) in [4.78, 5) is 66.0. The van der Waals surface area contributed by atoms with Gasteiger partial charge in [-0.05, 0) is 46.5 Å². The van der Waals surface area contributed by atoms with Crippen LogP contribution in [0, 0.1) is 0 Å². The molecule has 9 N–H and O–H groups in total. The van der Waals surface area contributed by atoms with Gasteiger partial charge in [-0.15, -0.1) is 0 Å². The van der Waals surface area contributed by atoms with E-state index in [-0.39, 0.29) is 37.2 Å². The number of hydrogen-bond donors (Lipinski definition) is 8. The van der Waals surface area contributed by atoms with Gasteiger partial charge >= 0.3 is 5.97 Å². The Labute approximate surface area is 294 Å². The summed E-state index contributed by atoms with van der Waals surface area (Å²) in [5.74, 6) is -4.08. The van der Waals surface area contributed by atoms with E-state index >= 15 is 0 Å². The second kappa shape index (κ2) is 18.5. The molecule has 4 rings (SSSR count). The van der Waals surface area contributed by atoms with Crippen LogP contribution in [-0.4, -0.2) is 75.6 Å². The van der Waals surface area contributed by atoms with E-state index in [1.807, 2.05) is 0 Å². The molecule has 0 saturated heterocycles. The second-order valence-electron chi connectivity index (χ2n) is 12.0. The van der Waals surface area contributed by atoms with Crippen LogP contribution < -0.4 is 27.0 Å². The molecule has 0 aromatic heterocycles. The maximum atomic E-state index is 14.1. The summed E-state index contributed by atoms with van der Waals surface area (Å²) in [6, 6.07) is 24.6. The molecule has 0 spiro atoms. The van der Waals surface area contributed by atoms with Crippen molar-refractivity contribution < 1.29 is 39.3 Å². The highest BCUT2D eigenvalue weighted by Gasteiger charge is 2.32. The van der Waals surface area contributed by atoms with Crippen molar-refractivity contribution in [1.82, 2.24) is 21.3 Å². The number of carboxylic acid groups (broad SMARTS) is 1. The number of carboxylic acids is 1. The maximum absolute atomic E-state index is 14.1. The highest BCUT2D eigenvalue weighted by molar-refractivity contribution is 5.95. The molecule has 4 aromatic rings. The van der Waals surface area contributed by atoms with Crippen molar-refractivity contribution in [2.75, 3.05) is 6.54 Å². The van der Waals surface area contributed by atoms with Crippen LogP contribution in [0.1, 0.15) is 22.3 Å². The zero-order chi connectivity index (χ0) is 36.8. The number of hydrogen-bond acceptors (Lipinski definition) is 8. The molecule has 13 heteroatoms. The van der Waals surface area contributed by atoms with Crippen molar-refractivity contribution in [3.8, 4) is 11.5 Å². The van der Waals surface area contributed by atoms with Crippen molar-refractivity contribution in [2.45, 2.75) is 49.9 Å². The van der Waals surface area contributed by atoms with Gasteiger partial charge in [0.05, 0.1) is 6.54 Å². The molecule has 0 unspecified atom stereocenters. The SMILES string of the molecule is NCC(=O)N[C@@H](Cc1ccc(O)cc1)C(=O)N[C@@H](Cc1ccc(O)cc1)C(=O)N[C@@H](Cc1ccccc1)C(=O)N[C@@H](Cc1ccccc1)C(=O)O. The molecule has 0 aliphatic carbocycles. The third-order valence-corrected chi connectivity index (χ3v) is 8.04. The minimum absolute atomic E-state index is 0.00241. The summed E-state index contributed by atoms with van der Waals surface area (Å²) < 4.78 is 0. The Kier molecular flexibility index (Phi) is 13.7. The first-order valence-corrected chi connectivity index (χ1v) is 16.3. The lowest BCUT2D eigenvalue weighted by Gasteiger charge is -2.26. The number of phenolic OH excluding ortho intramolecular Hbond substituents is 2. The van der Waals surface area contributed by atoms with Crippen molar-refractivity contribution in [2.24, 2.45) is 5.73 Å². The van der Waals surface area contributed by atoms with Gasteiger partial charge in [-0.3, -0.25) is 19.2 Å². The van der Waals surface area contributed by atoms with Gasteiger partial charge in [0.15, 0.2) is 0 Å². The van der Waals surface area contributed by atoms with Crippen LogP contribution in [0.25, 0.3) is 0 Å². The smallest absolute Gasteiger partial charge is 0.326 e. The van der Waals surface area contributed by atoms with Crippen molar-refractivity contribution >= 4 is 29.6 Å². The third-order valence-electron chi connectivity index (χ3n) is 8.04. The van der Waals surface area contributed by atoms with Crippen molar-refractivity contribution in [1.29, 1.82) is 0 Å². The molecule has 266 valence electrons. The number of nitrogens with two attached hydrogens (primary N) is 1. The zero-order valence-electron chi connectivity index (χ0n) is 27.7. The molecule has 0 bridgehead atoms. The lowest BCUT2D eigenvalue weighted by Crippen LogP contribution is -2.59. The van der Waals surface area contributed by atoms with Gasteiger partial charge in [-0.2, -0.15) is 0 Å². The summed E-state index contributed by atoms with van der Waals surface area (Å²) >= 11 is 0. The van der Waals surface area contributed by atoms with Gasteiger partial charge in [-0.25, -0.2) is 4.79 Å². The van der Waals surface area contributed by atoms with Gasteiger partial charge in [0, 0.05) is 25.7 Å². The number of carbonyl (C=O) groups is 5. The number of phenols is 2. The van der Waals surface area contributed by atoms with Crippen LogP contribution in [0.5, 0.6) is 11.5 Å². The fourth-order valence-electron chi connectivity index (χ4n) is 5.33. The Hall–Kier alpha value is -6.21. The summed E-state index contributed by atoms with van der Waals surface area (Å²) in [5, 5.41) is 40.0. The van der Waals surface area contributed by atoms with E-state index in [2.05, 4.69) is 21.3 Å². The molecule has 0 saturated carbocycles. The normalized spacial score (nSPS) is 13.1. The lowest BCUT2D eigenvalue weighted by atomic mass is 10.0. The molecular formula is C38H41N5O8. The predicted octanol–water partition coefficient (Wildman–Crippen LogP) is 1.35. The molecule has 0 radical (unpaired) electrons. The minimum Gasteiger partial charge on any atom is -0.508 e. The lowest BCUT2D eigenvalue weighted by molar-refractivity contribution is -0.142. The molecule has 13 nitrogen and oxygen atoms in total. The molecule has 4 atom stereocenters. The highest BCUT2D eigenvalue weighted by atomic mass is 16.4. The molecule has 0 aliphatic heterocycles. The van der Waals surface area contributed by atoms with Crippen LogP contribution >= 0.6 is 0 Å². The molecule has 0 aliphatic rings. The number of rotatable bonds is 17. The largest absolute Gasteiger partial charge is 0.508 e. The Balaban J connectivity index is 1.60. The first-order chi connectivity index (χ1) is 24.5. The Bertz CT molecular complexity index is 1770. The van der Waals surface area contributed by atoms with Gasteiger partial charge in [0.1, 0.15) is 35.7 Å². The van der Waals surface area contributed by atoms with E-state index in [0.29, 0.717) is 22.3 Å². The number of aliphatic carboxylic acids is 1. The molecule has 4 aromatic carbocycles. The number of nitrogens with one attached hydrogen (secondary N) is 4. The molecule has 0 heterocycles. The van der Waals surface area contributed by atoms with E-state index in [4.69, 9.17) is 5.73 Å². The van der Waals surface area contributed by atoms with Crippen molar-refractivity contribution in [3.05, 3.63) is 131 Å². The summed E-state index contributed by atoms with van der Waals surface area (Å²) in [5.41, 5.74) is 8.05. The fourth-order valence-corrected chi connectivity index (χ4v) is 5.33. The second-order valence-corrected chi connectivity index (χ2v) is 12.0. The average Bonchev–Trinajstić information content (AvgIpc) is 3.12. The topological polar surface area (TPSA) is 220 Å². The number of aromatic hydroxyl groups is 2. The molecular weight excluding hydrogens is 654 g/mol. The monoisotopic (exact) mass is 695 g/mol. The van der Waals surface area contributed by atoms with E-state index in [1.165, 1.54) is 24.3 Å². The van der Waals surface area contributed by atoms with Gasteiger partial charge in [0.2, 0.25) is 23.6 Å². The van der Waals surface area contributed by atoms with Crippen LogP contribution in [-0.2, 0) is 49.7 Å². The zero-order valence-corrected chi connectivity index (χ0v) is 27.7. The Morgan fingerprint density at radius 3 is 1.14 bits per heavy atom. The van der Waals surface area contributed by atoms with Gasteiger partial charge in [-0.1, -0.05) is 84.9 Å². The summed E-state index contributed by atoms with van der Waals surface area (Å²) in [6.45, 7) is -0.394. The third kappa shape index (κ3) is 12.0. The predicted molar refractivity (Wildman–Crippen MR) is 188 cm³/mol. The molecule has 0 fully saturated rings. The molecule has 51 heavy (non-hydrogen) atoms. The standard InChI is InChI=1S/C38H41N5O8/c39-23-34(46)40-30(20-26-11-15-28(44)16-12-26)35(47)41-32(21-27-13-17-29(45)18-14-27)36(48)42-31(19-24-7-3-1-4-8-24)37(49)43-33(38(50)51)22-25-9-5-2-6-10-25/h1-18,30-33,44-45H,19-23,39H2,(H,40,46)(H,41,47)(H,42,48)(H,43,49)(H,50,51)/t30-,31-,32-,33-/m0/s1. The fraction of sp³-hybridized carbons (Fsp3) is 0.237. The highest BCUT2D eigenvalue weighted by Crippen LogP contribution is 2.15. The minimum atomic E-state index is -1.30. The van der Waals surface area contributed by atoms with E-state index < -0.39 is 60.3 Å². The van der Waals surface area contributed by atoms with Gasteiger partial charge in [0.25, 0.3) is 0 Å². The first kappa shape index (κ1) is 37.6. The molecule has 4 amide bonds. The Morgan fingerprint density at radius 1 is 0.471 bits per heavy atom. The Morgan fingerprint density at radius 2 is 0.784 bits per heavy atom. The van der Waals surface area contributed by atoms with Crippen LogP contribution in [0.4, 0.5) is 0 Å². The van der Waals surface area contributed by atoms with Crippen molar-refractivity contribution in [3.63, 3.8) is 0 Å². The maximum Gasteiger partial charge on any atom is 0.326 e. The average molecular weight is 696 g/mol. The number of amides is 4. The van der Waals surface area contributed by atoms with E-state index in [1.54, 1.807) is 84.9 Å². The van der Waals surface area contributed by atoms with E-state index in [0.717, 1.165) is 0 Å². The number of benzene rings is 4. The van der Waals surface area contributed by atoms with Crippen LogP contribution in [0.2, 0.25) is 0 Å². The number of carbonyl (C=O) groups excluding carboxylic acids is 4. The van der Waals surface area contributed by atoms with Crippen LogP contribution in [0.3, 0.4) is 0 Å². The van der Waals surface area contributed by atoms with E-state index in [9.17, 15) is 39.3 Å².